The normalized spacial score (nSPS) is 33.0. The maximum absolute atomic E-state index is 6.17. The van der Waals surface area contributed by atoms with Crippen molar-refractivity contribution >= 4 is 0 Å². The molecular weight excluding hydrogens is 224 g/mol. The van der Waals surface area contributed by atoms with Crippen LogP contribution in [0.25, 0.3) is 0 Å². The number of rotatable bonds is 1. The Morgan fingerprint density at radius 3 is 1.50 bits per heavy atom. The average molecular weight is 254 g/mol. The van der Waals surface area contributed by atoms with E-state index in [4.69, 9.17) is 9.47 Å². The van der Waals surface area contributed by atoms with Crippen molar-refractivity contribution in [2.45, 2.75) is 73.0 Å². The molecule has 1 heterocycles. The third kappa shape index (κ3) is 2.60. The molecule has 2 heteroatoms. The van der Waals surface area contributed by atoms with Gasteiger partial charge in [0.15, 0.2) is 5.79 Å². The van der Waals surface area contributed by atoms with E-state index in [1.54, 1.807) is 0 Å². The van der Waals surface area contributed by atoms with Gasteiger partial charge in [-0.2, -0.15) is 0 Å². The van der Waals surface area contributed by atoms with Crippen LogP contribution in [0.1, 0.15) is 67.2 Å². The summed E-state index contributed by atoms with van der Waals surface area (Å²) in [5.41, 5.74) is 0.812. The largest absolute Gasteiger partial charge is 0.349 e. The van der Waals surface area contributed by atoms with E-state index in [-0.39, 0.29) is 16.6 Å². The molecule has 0 aromatic rings. The fourth-order valence-corrected chi connectivity index (χ4v) is 3.03. The van der Waals surface area contributed by atoms with Gasteiger partial charge in [0.25, 0.3) is 0 Å². The van der Waals surface area contributed by atoms with E-state index < -0.39 is 0 Å². The highest BCUT2D eigenvalue weighted by atomic mass is 16.7. The third-order valence-electron chi connectivity index (χ3n) is 5.28. The molecule has 0 spiro atoms. The second kappa shape index (κ2) is 4.21. The van der Waals surface area contributed by atoms with Gasteiger partial charge in [0.05, 0.1) is 13.2 Å². The zero-order chi connectivity index (χ0) is 13.7. The van der Waals surface area contributed by atoms with Gasteiger partial charge >= 0.3 is 0 Å². The molecule has 2 fully saturated rings. The number of hydrogen-bond acceptors (Lipinski definition) is 2. The molecule has 0 atom stereocenters. The van der Waals surface area contributed by atoms with Gasteiger partial charge in [-0.15, -0.1) is 0 Å². The maximum atomic E-state index is 6.17. The predicted octanol–water partition coefficient (Wildman–Crippen LogP) is 4.38. The Morgan fingerprint density at radius 1 is 0.611 bits per heavy atom. The summed E-state index contributed by atoms with van der Waals surface area (Å²) in [6, 6.07) is 0. The Kier molecular flexibility index (Phi) is 3.35. The van der Waals surface area contributed by atoms with Gasteiger partial charge in [-0.25, -0.2) is 0 Å². The Labute approximate surface area is 112 Å². The quantitative estimate of drug-likeness (QED) is 0.691. The Morgan fingerprint density at radius 2 is 1.06 bits per heavy atom. The van der Waals surface area contributed by atoms with E-state index in [9.17, 15) is 0 Å². The van der Waals surface area contributed by atoms with Gasteiger partial charge in [0, 0.05) is 10.8 Å². The Hall–Kier alpha value is -0.0800. The molecule has 0 bridgehead atoms. The monoisotopic (exact) mass is 254 g/mol. The summed E-state index contributed by atoms with van der Waals surface area (Å²) < 4.78 is 12.3. The van der Waals surface area contributed by atoms with Crippen LogP contribution < -0.4 is 0 Å². The highest BCUT2D eigenvalue weighted by molar-refractivity contribution is 4.96. The molecule has 0 amide bonds. The molecule has 0 unspecified atom stereocenters. The summed E-state index contributed by atoms with van der Waals surface area (Å²) in [5.74, 6) is -0.390. The van der Waals surface area contributed by atoms with Gasteiger partial charge in [0.2, 0.25) is 0 Å². The number of ether oxygens (including phenoxy) is 2. The van der Waals surface area contributed by atoms with Crippen LogP contribution in [0.4, 0.5) is 0 Å². The van der Waals surface area contributed by atoms with Gasteiger partial charge in [0.1, 0.15) is 0 Å². The van der Waals surface area contributed by atoms with E-state index >= 15 is 0 Å². The van der Waals surface area contributed by atoms with Crippen LogP contribution in [0.2, 0.25) is 0 Å². The van der Waals surface area contributed by atoms with E-state index in [1.807, 2.05) is 0 Å². The van der Waals surface area contributed by atoms with Crippen LogP contribution in [0.5, 0.6) is 0 Å². The van der Waals surface area contributed by atoms with Crippen molar-refractivity contribution in [3.8, 4) is 0 Å². The summed E-state index contributed by atoms with van der Waals surface area (Å²) in [6.45, 7) is 15.3. The average Bonchev–Trinajstić information content (AvgIpc) is 2.27. The summed E-state index contributed by atoms with van der Waals surface area (Å²) in [4.78, 5) is 0. The summed E-state index contributed by atoms with van der Waals surface area (Å²) >= 11 is 0. The summed E-state index contributed by atoms with van der Waals surface area (Å²) in [6.07, 6.45) is 4.96. The van der Waals surface area contributed by atoms with Crippen LogP contribution in [0.3, 0.4) is 0 Å². The molecule has 1 saturated carbocycles. The van der Waals surface area contributed by atoms with Crippen LogP contribution in [-0.2, 0) is 9.47 Å². The van der Waals surface area contributed by atoms with Crippen molar-refractivity contribution in [2.24, 2.45) is 16.2 Å². The van der Waals surface area contributed by atoms with E-state index in [0.29, 0.717) is 5.41 Å². The minimum absolute atomic E-state index is 0.157. The van der Waals surface area contributed by atoms with Crippen molar-refractivity contribution < 1.29 is 9.47 Å². The lowest BCUT2D eigenvalue weighted by molar-refractivity contribution is -0.343. The second-order valence-corrected chi connectivity index (χ2v) is 8.41. The van der Waals surface area contributed by atoms with Gasteiger partial charge in [-0.1, -0.05) is 34.6 Å². The van der Waals surface area contributed by atoms with Crippen molar-refractivity contribution in [2.75, 3.05) is 13.2 Å². The minimum atomic E-state index is -0.390. The predicted molar refractivity (Wildman–Crippen MR) is 74.4 cm³/mol. The van der Waals surface area contributed by atoms with E-state index in [0.717, 1.165) is 13.2 Å². The van der Waals surface area contributed by atoms with Crippen molar-refractivity contribution in [1.82, 2.24) is 0 Å². The molecule has 1 aliphatic heterocycles. The second-order valence-electron chi connectivity index (χ2n) is 8.41. The van der Waals surface area contributed by atoms with Crippen LogP contribution in [-0.4, -0.2) is 19.0 Å². The SMILES string of the molecule is CC1(C)CCC(C)(C2(C)OCC(C)(C)CO2)CC1. The molecule has 106 valence electrons. The molecule has 2 rings (SSSR count). The molecule has 0 radical (unpaired) electrons. The smallest absolute Gasteiger partial charge is 0.170 e. The molecule has 18 heavy (non-hydrogen) atoms. The zero-order valence-electron chi connectivity index (χ0n) is 13.1. The third-order valence-corrected chi connectivity index (χ3v) is 5.28. The van der Waals surface area contributed by atoms with Crippen molar-refractivity contribution in [1.29, 1.82) is 0 Å². The highest BCUT2D eigenvalue weighted by Gasteiger charge is 2.52. The number of hydrogen-bond donors (Lipinski definition) is 0. The van der Waals surface area contributed by atoms with Crippen molar-refractivity contribution in [3.63, 3.8) is 0 Å². The standard InChI is InChI=1S/C16H30O2/c1-13(2)7-9-15(5,10-8-13)16(6)17-11-14(3,4)12-18-16/h7-12H2,1-6H3. The fraction of sp³-hybridized carbons (Fsp3) is 1.00. The first kappa shape index (κ1) is 14.3. The van der Waals surface area contributed by atoms with Gasteiger partial charge in [-0.3, -0.25) is 0 Å². The van der Waals surface area contributed by atoms with Crippen LogP contribution in [0.15, 0.2) is 0 Å². The van der Waals surface area contributed by atoms with Gasteiger partial charge in [-0.05, 0) is 38.0 Å². The molecule has 0 N–H and O–H groups in total. The first-order valence-electron chi connectivity index (χ1n) is 7.36. The molecule has 2 aliphatic rings. The topological polar surface area (TPSA) is 18.5 Å². The van der Waals surface area contributed by atoms with E-state index in [1.165, 1.54) is 25.7 Å². The molecule has 1 saturated heterocycles. The molecule has 1 aliphatic carbocycles. The lowest BCUT2D eigenvalue weighted by Crippen LogP contribution is -2.56. The van der Waals surface area contributed by atoms with Gasteiger partial charge < -0.3 is 9.47 Å². The zero-order valence-corrected chi connectivity index (χ0v) is 13.1. The summed E-state index contributed by atoms with van der Waals surface area (Å²) in [7, 11) is 0. The molecule has 0 aromatic heterocycles. The van der Waals surface area contributed by atoms with Crippen molar-refractivity contribution in [3.05, 3.63) is 0 Å². The first-order chi connectivity index (χ1) is 8.08. The van der Waals surface area contributed by atoms with Crippen LogP contribution >= 0.6 is 0 Å². The van der Waals surface area contributed by atoms with E-state index in [2.05, 4.69) is 41.5 Å². The lowest BCUT2D eigenvalue weighted by atomic mass is 9.62. The minimum Gasteiger partial charge on any atom is -0.349 e. The molecular formula is C16H30O2. The Bertz CT molecular complexity index is 265. The Balaban J connectivity index is 2.07. The summed E-state index contributed by atoms with van der Waals surface area (Å²) in [5, 5.41) is 0. The fourth-order valence-electron chi connectivity index (χ4n) is 3.03. The molecule has 0 aromatic carbocycles. The van der Waals surface area contributed by atoms with Crippen LogP contribution in [0, 0.1) is 16.2 Å². The lowest BCUT2D eigenvalue weighted by Gasteiger charge is -2.54. The highest BCUT2D eigenvalue weighted by Crippen LogP contribution is 2.53. The first-order valence-corrected chi connectivity index (χ1v) is 7.36. The molecule has 2 nitrogen and oxygen atoms in total. The maximum Gasteiger partial charge on any atom is 0.170 e.